The van der Waals surface area contributed by atoms with Crippen LogP contribution in [0.5, 0.6) is 0 Å². The molecule has 168 valence electrons. The van der Waals surface area contributed by atoms with Gasteiger partial charge in [0.15, 0.2) is 5.82 Å². The maximum Gasteiger partial charge on any atom is 0.259 e. The number of nitrogens with two attached hydrogens (primary N) is 2. The van der Waals surface area contributed by atoms with E-state index in [9.17, 15) is 5.11 Å². The Bertz CT molecular complexity index is 1100. The fraction of sp³-hybridized carbons (Fsp3) is 0.318. The molecule has 0 fully saturated rings. The summed E-state index contributed by atoms with van der Waals surface area (Å²) < 4.78 is 5.47. The molecule has 0 radical (unpaired) electrons. The average Bonchev–Trinajstić information content (AvgIpc) is 3.22. The first-order valence-electron chi connectivity index (χ1n) is 9.96. The van der Waals surface area contributed by atoms with E-state index in [1.165, 1.54) is 5.01 Å². The largest absolute Gasteiger partial charge is 0.389 e. The molecule has 3 rings (SSSR count). The van der Waals surface area contributed by atoms with Gasteiger partial charge in [0.05, 0.1) is 28.8 Å². The zero-order chi connectivity index (χ0) is 23.5. The second-order valence-electron chi connectivity index (χ2n) is 8.58. The predicted molar refractivity (Wildman–Crippen MR) is 121 cm³/mol. The molecule has 0 saturated heterocycles. The minimum Gasteiger partial charge on any atom is -0.389 e. The van der Waals surface area contributed by atoms with Crippen LogP contribution >= 0.6 is 0 Å². The highest BCUT2D eigenvalue weighted by atomic mass is 16.5. The number of rotatable bonds is 8. The summed E-state index contributed by atoms with van der Waals surface area (Å²) in [7, 11) is 0. The fourth-order valence-electron chi connectivity index (χ4n) is 2.99. The van der Waals surface area contributed by atoms with Crippen molar-refractivity contribution in [1.82, 2.24) is 30.1 Å². The Morgan fingerprint density at radius 3 is 2.41 bits per heavy atom. The Balaban J connectivity index is 1.83. The van der Waals surface area contributed by atoms with E-state index in [1.54, 1.807) is 44.7 Å². The first kappa shape index (κ1) is 23.0. The van der Waals surface area contributed by atoms with Crippen molar-refractivity contribution in [2.24, 2.45) is 5.84 Å². The van der Waals surface area contributed by atoms with Gasteiger partial charge in [-0.05, 0) is 39.3 Å². The van der Waals surface area contributed by atoms with Gasteiger partial charge in [-0.3, -0.25) is 4.98 Å². The number of pyridine rings is 1. The average molecular weight is 437 g/mol. The van der Waals surface area contributed by atoms with Crippen LogP contribution in [0, 0.1) is 0 Å². The third kappa shape index (κ3) is 5.34. The Kier molecular flexibility index (Phi) is 6.37. The molecule has 0 aliphatic heterocycles. The molecule has 3 heterocycles. The van der Waals surface area contributed by atoms with Crippen molar-refractivity contribution in [2.45, 2.75) is 38.7 Å². The number of anilines is 1. The molecular formula is C22H28N8O2. The Labute approximate surface area is 186 Å². The third-order valence-corrected chi connectivity index (χ3v) is 4.78. The molecule has 0 aliphatic carbocycles. The van der Waals surface area contributed by atoms with Crippen molar-refractivity contribution in [3.8, 4) is 11.3 Å². The number of allylic oxidation sites excluding steroid dienone is 2. The SMILES string of the molecule is C=C/C(=C\N(N)CC(C)(C)O)c1nc(C(C)(C)c2ccc(-c3cnc(N)nc3)nc2)no1. The molecule has 0 amide bonds. The van der Waals surface area contributed by atoms with Gasteiger partial charge in [-0.1, -0.05) is 23.9 Å². The van der Waals surface area contributed by atoms with Crippen LogP contribution in [0.1, 0.15) is 45.0 Å². The molecule has 0 aromatic carbocycles. The number of hydrazine groups is 1. The van der Waals surface area contributed by atoms with Crippen LogP contribution in [-0.2, 0) is 5.41 Å². The molecule has 5 N–H and O–H groups in total. The highest BCUT2D eigenvalue weighted by molar-refractivity contribution is 5.67. The van der Waals surface area contributed by atoms with Gasteiger partial charge < -0.3 is 20.4 Å². The molecular weight excluding hydrogens is 408 g/mol. The van der Waals surface area contributed by atoms with Crippen LogP contribution in [0.25, 0.3) is 16.8 Å². The lowest BCUT2D eigenvalue weighted by Gasteiger charge is -2.24. The molecule has 0 saturated carbocycles. The summed E-state index contributed by atoms with van der Waals surface area (Å²) in [5, 5.41) is 15.5. The summed E-state index contributed by atoms with van der Waals surface area (Å²) in [6.45, 7) is 11.3. The summed E-state index contributed by atoms with van der Waals surface area (Å²) in [5.41, 5.74) is 6.94. The van der Waals surface area contributed by atoms with Crippen LogP contribution < -0.4 is 11.6 Å². The summed E-state index contributed by atoms with van der Waals surface area (Å²) in [6.07, 6.45) is 8.18. The number of hydrogen-bond acceptors (Lipinski definition) is 10. The van der Waals surface area contributed by atoms with Crippen LogP contribution in [0.4, 0.5) is 5.95 Å². The first-order chi connectivity index (χ1) is 15.0. The van der Waals surface area contributed by atoms with Crippen molar-refractivity contribution in [3.05, 3.63) is 66.9 Å². The van der Waals surface area contributed by atoms with Crippen LogP contribution in [-0.4, -0.2) is 47.4 Å². The van der Waals surface area contributed by atoms with Gasteiger partial charge in [-0.2, -0.15) is 4.98 Å². The number of aliphatic hydroxyl groups is 1. The summed E-state index contributed by atoms with van der Waals surface area (Å²) >= 11 is 0. The number of nitrogen functional groups attached to an aromatic ring is 1. The molecule has 0 spiro atoms. The van der Waals surface area contributed by atoms with Crippen molar-refractivity contribution in [3.63, 3.8) is 0 Å². The summed E-state index contributed by atoms with van der Waals surface area (Å²) in [6, 6.07) is 3.83. The Hall–Kier alpha value is -3.63. The van der Waals surface area contributed by atoms with Crippen molar-refractivity contribution < 1.29 is 9.63 Å². The maximum absolute atomic E-state index is 9.94. The zero-order valence-corrected chi connectivity index (χ0v) is 18.6. The Morgan fingerprint density at radius 1 is 1.16 bits per heavy atom. The highest BCUT2D eigenvalue weighted by Crippen LogP contribution is 2.31. The highest BCUT2D eigenvalue weighted by Gasteiger charge is 2.30. The monoisotopic (exact) mass is 436 g/mol. The quantitative estimate of drug-likeness (QED) is 0.272. The summed E-state index contributed by atoms with van der Waals surface area (Å²) in [5.74, 6) is 6.93. The van der Waals surface area contributed by atoms with E-state index < -0.39 is 11.0 Å². The first-order valence-corrected chi connectivity index (χ1v) is 9.96. The van der Waals surface area contributed by atoms with Gasteiger partial charge in [-0.15, -0.1) is 0 Å². The zero-order valence-electron chi connectivity index (χ0n) is 18.6. The normalized spacial score (nSPS) is 12.6. The maximum atomic E-state index is 9.94. The molecule has 0 unspecified atom stereocenters. The molecule has 3 aromatic rings. The topological polar surface area (TPSA) is 153 Å². The molecule has 0 atom stereocenters. The van der Waals surface area contributed by atoms with E-state index in [1.807, 2.05) is 26.0 Å². The van der Waals surface area contributed by atoms with E-state index in [4.69, 9.17) is 16.1 Å². The number of hydrogen-bond donors (Lipinski definition) is 3. The van der Waals surface area contributed by atoms with Gasteiger partial charge >= 0.3 is 0 Å². The lowest BCUT2D eigenvalue weighted by molar-refractivity contribution is 0.0508. The van der Waals surface area contributed by atoms with Crippen LogP contribution in [0.3, 0.4) is 0 Å². The van der Waals surface area contributed by atoms with Gasteiger partial charge in [0.2, 0.25) is 5.95 Å². The van der Waals surface area contributed by atoms with E-state index in [2.05, 4.69) is 31.7 Å². The second kappa shape index (κ2) is 8.85. The van der Waals surface area contributed by atoms with Crippen molar-refractivity contribution in [1.29, 1.82) is 0 Å². The standard InChI is InChI=1S/C22H28N8O2/c1-6-14(12-30(24)13-21(2,3)31)18-28-19(29-32-18)22(4,5)16-7-8-17(25-11-16)15-9-26-20(23)27-10-15/h6-12,31H,1,13,24H2,2-5H3,(H2,23,26,27)/b14-12+. The lowest BCUT2D eigenvalue weighted by Crippen LogP contribution is -2.39. The van der Waals surface area contributed by atoms with Gasteiger partial charge in [0, 0.05) is 30.4 Å². The number of nitrogens with zero attached hydrogens (tertiary/aromatic N) is 6. The molecule has 10 nitrogen and oxygen atoms in total. The minimum atomic E-state index is -0.961. The van der Waals surface area contributed by atoms with E-state index >= 15 is 0 Å². The van der Waals surface area contributed by atoms with E-state index in [0.29, 0.717) is 11.4 Å². The number of aromatic nitrogens is 5. The van der Waals surface area contributed by atoms with E-state index in [0.717, 1.165) is 16.8 Å². The Morgan fingerprint density at radius 2 is 1.84 bits per heavy atom. The van der Waals surface area contributed by atoms with Crippen LogP contribution in [0.2, 0.25) is 0 Å². The third-order valence-electron chi connectivity index (χ3n) is 4.78. The van der Waals surface area contributed by atoms with Crippen molar-refractivity contribution in [2.75, 3.05) is 12.3 Å². The molecule has 0 aliphatic rings. The summed E-state index contributed by atoms with van der Waals surface area (Å²) in [4.78, 5) is 17.1. The van der Waals surface area contributed by atoms with Gasteiger partial charge in [-0.25, -0.2) is 15.8 Å². The molecule has 10 heteroatoms. The van der Waals surface area contributed by atoms with E-state index in [-0.39, 0.29) is 18.4 Å². The molecule has 3 aromatic heterocycles. The predicted octanol–water partition coefficient (Wildman–Crippen LogP) is 2.30. The van der Waals surface area contributed by atoms with Crippen LogP contribution in [0.15, 0.2) is 54.1 Å². The van der Waals surface area contributed by atoms with Gasteiger partial charge in [0.25, 0.3) is 5.89 Å². The lowest BCUT2D eigenvalue weighted by atomic mass is 9.85. The van der Waals surface area contributed by atoms with Crippen molar-refractivity contribution >= 4 is 11.5 Å². The van der Waals surface area contributed by atoms with Gasteiger partial charge in [0.1, 0.15) is 0 Å². The minimum absolute atomic E-state index is 0.213. The molecule has 0 bridgehead atoms. The fourth-order valence-corrected chi connectivity index (χ4v) is 2.99. The second-order valence-corrected chi connectivity index (χ2v) is 8.58. The molecule has 32 heavy (non-hydrogen) atoms. The smallest absolute Gasteiger partial charge is 0.259 e.